The van der Waals surface area contributed by atoms with Crippen molar-refractivity contribution in [2.45, 2.75) is 28.7 Å². The molecule has 0 aromatic heterocycles. The van der Waals surface area contributed by atoms with Crippen LogP contribution in [0.5, 0.6) is 0 Å². The van der Waals surface area contributed by atoms with Crippen LogP contribution in [-0.4, -0.2) is 51.8 Å². The molecule has 0 aliphatic heterocycles. The molecule has 0 atom stereocenters. The maximum atomic E-state index is 11.9. The summed E-state index contributed by atoms with van der Waals surface area (Å²) in [4.78, 5) is -1.08. The Morgan fingerprint density at radius 3 is 1.79 bits per heavy atom. The van der Waals surface area contributed by atoms with Crippen LogP contribution in [0.2, 0.25) is 0 Å². The van der Waals surface area contributed by atoms with Crippen molar-refractivity contribution in [3.05, 3.63) is 47.5 Å². The van der Waals surface area contributed by atoms with Crippen LogP contribution < -0.4 is 15.4 Å². The zero-order valence-corrected chi connectivity index (χ0v) is 20.9. The molecule has 1 saturated carbocycles. The molecule has 0 spiro atoms. The number of rotatable bonds is 8. The van der Waals surface area contributed by atoms with E-state index in [-0.39, 0.29) is 22.9 Å². The van der Waals surface area contributed by atoms with Gasteiger partial charge in [0.1, 0.15) is 9.79 Å². The number of benzene rings is 2. The SMILES string of the molecule is CS(=O)(=O)Nc1ccc(/C=C/c2ccc(NC(=S)NC3CC3)cc2S(=O)(=O)O)c(S(=O)(=O)O)c1. The van der Waals surface area contributed by atoms with Gasteiger partial charge in [-0.25, -0.2) is 8.42 Å². The van der Waals surface area contributed by atoms with Crippen LogP contribution in [0, 0.1) is 0 Å². The second kappa shape index (κ2) is 9.59. The van der Waals surface area contributed by atoms with Crippen molar-refractivity contribution in [1.29, 1.82) is 0 Å². The highest BCUT2D eigenvalue weighted by molar-refractivity contribution is 7.92. The molecular formula is C19H21N3O8S4. The standard InChI is InChI=1S/C19H21N3O8S4/c1-32(23,24)22-16-7-5-13(18(11-16)34(28,29)30)3-2-12-4-6-15(10-17(12)33(25,26)27)21-19(31)20-14-8-9-14/h2-7,10-11,14,22H,8-9H2,1H3,(H2,20,21,31)(H,25,26,27)(H,28,29,30)/b3-2+. The summed E-state index contributed by atoms with van der Waals surface area (Å²) in [5.41, 5.74) is 0.170. The van der Waals surface area contributed by atoms with Crippen LogP contribution in [0.4, 0.5) is 11.4 Å². The van der Waals surface area contributed by atoms with E-state index in [1.807, 2.05) is 0 Å². The molecule has 0 amide bonds. The highest BCUT2D eigenvalue weighted by atomic mass is 32.2. The molecule has 0 heterocycles. The van der Waals surface area contributed by atoms with Crippen molar-refractivity contribution in [2.24, 2.45) is 0 Å². The quantitative estimate of drug-likeness (QED) is 0.186. The summed E-state index contributed by atoms with van der Waals surface area (Å²) in [5.74, 6) is 0. The largest absolute Gasteiger partial charge is 0.360 e. The van der Waals surface area contributed by atoms with E-state index in [1.165, 1.54) is 42.5 Å². The molecule has 0 radical (unpaired) electrons. The Kier molecular flexibility index (Phi) is 7.35. The summed E-state index contributed by atoms with van der Waals surface area (Å²) >= 11 is 5.16. The predicted molar refractivity (Wildman–Crippen MR) is 132 cm³/mol. The second-order valence-electron chi connectivity index (χ2n) is 7.54. The number of thiocarbonyl (C=S) groups is 1. The van der Waals surface area contributed by atoms with Crippen LogP contribution in [-0.2, 0) is 30.3 Å². The predicted octanol–water partition coefficient (Wildman–Crippen LogP) is 2.17. The third kappa shape index (κ3) is 7.48. The highest BCUT2D eigenvalue weighted by Crippen LogP contribution is 2.27. The van der Waals surface area contributed by atoms with Crippen molar-refractivity contribution in [2.75, 3.05) is 16.3 Å². The summed E-state index contributed by atoms with van der Waals surface area (Å²) in [6.45, 7) is 0. The fourth-order valence-corrected chi connectivity index (χ4v) is 5.17. The van der Waals surface area contributed by atoms with Gasteiger partial charge in [0.15, 0.2) is 5.11 Å². The summed E-state index contributed by atoms with van der Waals surface area (Å²) in [5, 5.41) is 6.16. The fraction of sp³-hybridized carbons (Fsp3) is 0.211. The van der Waals surface area contributed by atoms with Gasteiger partial charge in [0.25, 0.3) is 20.2 Å². The van der Waals surface area contributed by atoms with Gasteiger partial charge in [0, 0.05) is 17.4 Å². The first-order valence-corrected chi connectivity index (χ1v) is 14.8. The van der Waals surface area contributed by atoms with E-state index in [4.69, 9.17) is 12.2 Å². The number of nitrogens with one attached hydrogen (secondary N) is 3. The summed E-state index contributed by atoms with van der Waals surface area (Å²) in [6, 6.07) is 7.73. The van der Waals surface area contributed by atoms with Gasteiger partial charge in [-0.15, -0.1) is 0 Å². The summed E-state index contributed by atoms with van der Waals surface area (Å²) in [6.07, 6.45) is 5.26. The van der Waals surface area contributed by atoms with E-state index in [0.29, 0.717) is 10.8 Å². The van der Waals surface area contributed by atoms with E-state index in [9.17, 15) is 34.4 Å². The minimum absolute atomic E-state index is 0.0220. The highest BCUT2D eigenvalue weighted by Gasteiger charge is 2.22. The molecule has 15 heteroatoms. The molecule has 3 rings (SSSR count). The lowest BCUT2D eigenvalue weighted by Gasteiger charge is -2.12. The van der Waals surface area contributed by atoms with Crippen LogP contribution in [0.1, 0.15) is 24.0 Å². The first-order valence-electron chi connectivity index (χ1n) is 9.58. The Morgan fingerprint density at radius 1 is 0.882 bits per heavy atom. The Morgan fingerprint density at radius 2 is 1.35 bits per heavy atom. The average Bonchev–Trinajstić information content (AvgIpc) is 3.48. The zero-order valence-electron chi connectivity index (χ0n) is 17.6. The first-order chi connectivity index (χ1) is 15.6. The molecule has 0 unspecified atom stereocenters. The molecular weight excluding hydrogens is 526 g/mol. The van der Waals surface area contributed by atoms with Gasteiger partial charge in [-0.2, -0.15) is 16.8 Å². The average molecular weight is 548 g/mol. The topological polar surface area (TPSA) is 179 Å². The van der Waals surface area contributed by atoms with Crippen LogP contribution in [0.15, 0.2) is 46.2 Å². The van der Waals surface area contributed by atoms with E-state index >= 15 is 0 Å². The zero-order chi connectivity index (χ0) is 25.3. The van der Waals surface area contributed by atoms with Crippen molar-refractivity contribution >= 4 is 71.1 Å². The molecule has 1 fully saturated rings. The van der Waals surface area contributed by atoms with Gasteiger partial charge in [-0.3, -0.25) is 13.8 Å². The molecule has 5 N–H and O–H groups in total. The Bertz CT molecular complexity index is 1480. The molecule has 2 aromatic carbocycles. The van der Waals surface area contributed by atoms with Gasteiger partial charge in [-0.1, -0.05) is 24.3 Å². The first kappa shape index (κ1) is 26.1. The number of hydrogen-bond acceptors (Lipinski definition) is 7. The maximum absolute atomic E-state index is 11.9. The summed E-state index contributed by atoms with van der Waals surface area (Å²) < 4.78 is 91.7. The lowest BCUT2D eigenvalue weighted by molar-refractivity contribution is 0.480. The third-order valence-electron chi connectivity index (χ3n) is 4.50. The normalized spacial score (nSPS) is 14.7. The van der Waals surface area contributed by atoms with E-state index in [1.54, 1.807) is 0 Å². The minimum atomic E-state index is -4.76. The van der Waals surface area contributed by atoms with Crippen molar-refractivity contribution in [1.82, 2.24) is 5.32 Å². The van der Waals surface area contributed by atoms with Crippen LogP contribution in [0.3, 0.4) is 0 Å². The van der Waals surface area contributed by atoms with E-state index < -0.39 is 40.1 Å². The molecule has 1 aliphatic carbocycles. The second-order valence-corrected chi connectivity index (χ2v) is 12.5. The molecule has 11 nitrogen and oxygen atoms in total. The lowest BCUT2D eigenvalue weighted by atomic mass is 10.1. The van der Waals surface area contributed by atoms with Gasteiger partial charge in [-0.05, 0) is 60.5 Å². The van der Waals surface area contributed by atoms with E-state index in [0.717, 1.165) is 25.2 Å². The van der Waals surface area contributed by atoms with E-state index in [2.05, 4.69) is 15.4 Å². The number of hydrogen-bond donors (Lipinski definition) is 5. The molecule has 2 aromatic rings. The Balaban J connectivity index is 1.96. The van der Waals surface area contributed by atoms with Crippen LogP contribution >= 0.6 is 12.2 Å². The summed E-state index contributed by atoms with van der Waals surface area (Å²) in [7, 11) is -13.1. The number of anilines is 2. The number of sulfonamides is 1. The van der Waals surface area contributed by atoms with Crippen molar-refractivity contribution < 1.29 is 34.4 Å². The third-order valence-corrected chi connectivity index (χ3v) is 7.14. The van der Waals surface area contributed by atoms with Gasteiger partial charge < -0.3 is 10.6 Å². The Hall–Kier alpha value is -2.56. The maximum Gasteiger partial charge on any atom is 0.295 e. The Labute approximate surface area is 202 Å². The molecule has 184 valence electrons. The fourth-order valence-electron chi connectivity index (χ4n) is 2.91. The van der Waals surface area contributed by atoms with Gasteiger partial charge in [0.05, 0.1) is 6.26 Å². The minimum Gasteiger partial charge on any atom is -0.360 e. The lowest BCUT2D eigenvalue weighted by Crippen LogP contribution is -2.30. The van der Waals surface area contributed by atoms with Gasteiger partial charge >= 0.3 is 0 Å². The molecule has 0 bridgehead atoms. The van der Waals surface area contributed by atoms with Crippen LogP contribution in [0.25, 0.3) is 12.2 Å². The molecule has 1 aliphatic rings. The van der Waals surface area contributed by atoms with Crippen molar-refractivity contribution in [3.63, 3.8) is 0 Å². The monoisotopic (exact) mass is 547 g/mol. The van der Waals surface area contributed by atoms with Crippen molar-refractivity contribution in [3.8, 4) is 0 Å². The van der Waals surface area contributed by atoms with Gasteiger partial charge in [0.2, 0.25) is 10.0 Å². The molecule has 34 heavy (non-hydrogen) atoms. The smallest absolute Gasteiger partial charge is 0.295 e. The molecule has 0 saturated heterocycles.